The van der Waals surface area contributed by atoms with Crippen molar-refractivity contribution in [3.05, 3.63) is 23.3 Å². The van der Waals surface area contributed by atoms with E-state index in [0.29, 0.717) is 11.5 Å². The minimum absolute atomic E-state index is 0.0413. The van der Waals surface area contributed by atoms with Gasteiger partial charge in [-0.05, 0) is 62.9 Å². The van der Waals surface area contributed by atoms with Crippen LogP contribution in [0, 0.1) is 0 Å². The number of ketones is 1. The molecule has 1 aliphatic carbocycles. The molecule has 0 radical (unpaired) electrons. The number of benzene rings is 1. The molecule has 120 valence electrons. The molecule has 2 aliphatic rings. The third-order valence-corrected chi connectivity index (χ3v) is 4.93. The van der Waals surface area contributed by atoms with Gasteiger partial charge in [-0.1, -0.05) is 6.42 Å². The average Bonchev–Trinajstić information content (AvgIpc) is 2.73. The molecule has 4 nitrogen and oxygen atoms in total. The Morgan fingerprint density at radius 3 is 2.36 bits per heavy atom. The van der Waals surface area contributed by atoms with E-state index >= 15 is 0 Å². The fraction of sp³-hybridized carbons (Fsp3) is 0.611. The van der Waals surface area contributed by atoms with Crippen LogP contribution in [0.3, 0.4) is 0 Å². The summed E-state index contributed by atoms with van der Waals surface area (Å²) in [6, 6.07) is 3.89. The van der Waals surface area contributed by atoms with Gasteiger partial charge in [-0.15, -0.1) is 0 Å². The van der Waals surface area contributed by atoms with E-state index < -0.39 is 0 Å². The van der Waals surface area contributed by atoms with E-state index in [-0.39, 0.29) is 11.8 Å². The van der Waals surface area contributed by atoms with Crippen LogP contribution in [-0.2, 0) is 6.42 Å². The van der Waals surface area contributed by atoms with Gasteiger partial charge in [-0.3, -0.25) is 9.69 Å². The predicted molar refractivity (Wildman–Crippen MR) is 86.0 cm³/mol. The van der Waals surface area contributed by atoms with E-state index in [0.717, 1.165) is 43.5 Å². The maximum atomic E-state index is 13.1. The number of carbonyl (C=O) groups is 1. The minimum Gasteiger partial charge on any atom is -0.493 e. The first-order valence-electron chi connectivity index (χ1n) is 8.27. The lowest BCUT2D eigenvalue weighted by Gasteiger charge is -2.33. The van der Waals surface area contributed by atoms with Crippen LogP contribution in [0.15, 0.2) is 12.1 Å². The van der Waals surface area contributed by atoms with Crippen LogP contribution < -0.4 is 9.47 Å². The van der Waals surface area contributed by atoms with E-state index in [1.54, 1.807) is 14.2 Å². The number of Topliss-reactive ketones (excluding diaryl/α,β-unsaturated/α-hetero) is 1. The summed E-state index contributed by atoms with van der Waals surface area (Å²) in [5.74, 6) is 1.62. The molecule has 0 amide bonds. The number of hydrogen-bond acceptors (Lipinski definition) is 4. The molecule has 1 saturated heterocycles. The smallest absolute Gasteiger partial charge is 0.180 e. The minimum atomic E-state index is 0.0413. The van der Waals surface area contributed by atoms with Crippen LogP contribution in [0.4, 0.5) is 0 Å². The zero-order valence-electron chi connectivity index (χ0n) is 13.6. The highest BCUT2D eigenvalue weighted by Crippen LogP contribution is 2.34. The molecule has 1 aromatic carbocycles. The molecule has 1 aliphatic heterocycles. The van der Waals surface area contributed by atoms with Crippen LogP contribution in [0.25, 0.3) is 0 Å². The van der Waals surface area contributed by atoms with Gasteiger partial charge in [-0.2, -0.15) is 0 Å². The van der Waals surface area contributed by atoms with Crippen molar-refractivity contribution in [2.45, 2.75) is 44.6 Å². The molecule has 1 fully saturated rings. The van der Waals surface area contributed by atoms with Gasteiger partial charge in [0, 0.05) is 5.56 Å². The van der Waals surface area contributed by atoms with Crippen molar-refractivity contribution in [3.63, 3.8) is 0 Å². The van der Waals surface area contributed by atoms with Crippen molar-refractivity contribution in [3.8, 4) is 11.5 Å². The van der Waals surface area contributed by atoms with Gasteiger partial charge < -0.3 is 9.47 Å². The van der Waals surface area contributed by atoms with E-state index in [9.17, 15) is 4.79 Å². The van der Waals surface area contributed by atoms with E-state index in [4.69, 9.17) is 9.47 Å². The first-order valence-corrected chi connectivity index (χ1v) is 8.27. The largest absolute Gasteiger partial charge is 0.493 e. The summed E-state index contributed by atoms with van der Waals surface area (Å²) >= 11 is 0. The highest BCUT2D eigenvalue weighted by molar-refractivity contribution is 6.02. The lowest BCUT2D eigenvalue weighted by Crippen LogP contribution is -2.43. The number of fused-ring (bicyclic) bond motifs is 1. The number of ether oxygens (including phenoxy) is 2. The van der Waals surface area contributed by atoms with Gasteiger partial charge in [0.1, 0.15) is 0 Å². The van der Waals surface area contributed by atoms with E-state index in [1.165, 1.54) is 19.3 Å². The van der Waals surface area contributed by atoms with Crippen LogP contribution in [0.5, 0.6) is 11.5 Å². The summed E-state index contributed by atoms with van der Waals surface area (Å²) in [6.07, 6.45) is 6.66. The Hall–Kier alpha value is -1.55. The lowest BCUT2D eigenvalue weighted by molar-refractivity contribution is 0.0772. The van der Waals surface area contributed by atoms with Gasteiger partial charge in [0.05, 0.1) is 20.3 Å². The molecule has 0 aromatic heterocycles. The Balaban J connectivity index is 1.94. The highest BCUT2D eigenvalue weighted by Gasteiger charge is 2.31. The first-order chi connectivity index (χ1) is 10.7. The second kappa shape index (κ2) is 6.69. The molecule has 0 saturated carbocycles. The molecular weight excluding hydrogens is 278 g/mol. The van der Waals surface area contributed by atoms with Gasteiger partial charge in [0.15, 0.2) is 17.3 Å². The third kappa shape index (κ3) is 2.84. The molecule has 1 atom stereocenters. The zero-order valence-corrected chi connectivity index (χ0v) is 13.6. The Labute approximate surface area is 132 Å². The SMILES string of the molecule is COc1cc2c(cc1OC)C(=O)C(N1CCCCC1)CCC2. The van der Waals surface area contributed by atoms with Crippen molar-refractivity contribution in [2.24, 2.45) is 0 Å². The fourth-order valence-corrected chi connectivity index (χ4v) is 3.73. The number of rotatable bonds is 3. The lowest BCUT2D eigenvalue weighted by atomic mass is 9.97. The molecule has 0 spiro atoms. The summed E-state index contributed by atoms with van der Waals surface area (Å²) in [7, 11) is 3.26. The number of aryl methyl sites for hydroxylation is 1. The van der Waals surface area contributed by atoms with Crippen molar-refractivity contribution in [1.82, 2.24) is 4.90 Å². The zero-order chi connectivity index (χ0) is 15.5. The number of carbonyl (C=O) groups excluding carboxylic acids is 1. The fourth-order valence-electron chi connectivity index (χ4n) is 3.73. The molecule has 1 heterocycles. The molecule has 1 unspecified atom stereocenters. The maximum Gasteiger partial charge on any atom is 0.180 e. The quantitative estimate of drug-likeness (QED) is 0.804. The number of methoxy groups -OCH3 is 2. The van der Waals surface area contributed by atoms with Gasteiger partial charge in [0.25, 0.3) is 0 Å². The molecule has 0 bridgehead atoms. The number of nitrogens with zero attached hydrogens (tertiary/aromatic N) is 1. The summed E-state index contributed by atoms with van der Waals surface area (Å²) in [5, 5.41) is 0. The number of hydrogen-bond donors (Lipinski definition) is 0. The predicted octanol–water partition coefficient (Wildman–Crippen LogP) is 3.08. The Morgan fingerprint density at radius 2 is 1.68 bits per heavy atom. The molecule has 4 heteroatoms. The van der Waals surface area contributed by atoms with Crippen molar-refractivity contribution < 1.29 is 14.3 Å². The second-order valence-electron chi connectivity index (χ2n) is 6.23. The number of likely N-dealkylation sites (tertiary alicyclic amines) is 1. The molecule has 22 heavy (non-hydrogen) atoms. The van der Waals surface area contributed by atoms with Crippen LogP contribution >= 0.6 is 0 Å². The van der Waals surface area contributed by atoms with Crippen molar-refractivity contribution >= 4 is 5.78 Å². The average molecular weight is 303 g/mol. The first kappa shape index (κ1) is 15.3. The van der Waals surface area contributed by atoms with Crippen LogP contribution in [-0.4, -0.2) is 44.0 Å². The topological polar surface area (TPSA) is 38.8 Å². The van der Waals surface area contributed by atoms with Gasteiger partial charge in [0.2, 0.25) is 0 Å². The summed E-state index contributed by atoms with van der Waals surface area (Å²) in [5.41, 5.74) is 1.92. The molecule has 1 aromatic rings. The van der Waals surface area contributed by atoms with E-state index in [1.807, 2.05) is 12.1 Å². The molecule has 3 rings (SSSR count). The summed E-state index contributed by atoms with van der Waals surface area (Å²) in [4.78, 5) is 15.5. The van der Waals surface area contributed by atoms with Crippen molar-refractivity contribution in [1.29, 1.82) is 0 Å². The molecular formula is C18H25NO3. The monoisotopic (exact) mass is 303 g/mol. The van der Waals surface area contributed by atoms with Crippen LogP contribution in [0.2, 0.25) is 0 Å². The molecule has 0 N–H and O–H groups in total. The Bertz CT molecular complexity index is 550. The Morgan fingerprint density at radius 1 is 1.00 bits per heavy atom. The maximum absolute atomic E-state index is 13.1. The second-order valence-corrected chi connectivity index (χ2v) is 6.23. The third-order valence-electron chi connectivity index (χ3n) is 4.93. The highest BCUT2D eigenvalue weighted by atomic mass is 16.5. The van der Waals surface area contributed by atoms with E-state index in [2.05, 4.69) is 4.90 Å². The number of piperidine rings is 1. The van der Waals surface area contributed by atoms with Crippen molar-refractivity contribution in [2.75, 3.05) is 27.3 Å². The van der Waals surface area contributed by atoms with Gasteiger partial charge in [-0.25, -0.2) is 0 Å². The normalized spacial score (nSPS) is 22.8. The Kier molecular flexibility index (Phi) is 4.67. The standard InChI is InChI=1S/C18H25NO3/c1-21-16-11-13-7-6-8-15(19-9-4-3-5-10-19)18(20)14(13)12-17(16)22-2/h11-12,15H,3-10H2,1-2H3. The van der Waals surface area contributed by atoms with Gasteiger partial charge >= 0.3 is 0 Å². The summed E-state index contributed by atoms with van der Waals surface area (Å²) in [6.45, 7) is 2.11. The van der Waals surface area contributed by atoms with Crippen LogP contribution in [0.1, 0.15) is 48.0 Å². The summed E-state index contributed by atoms with van der Waals surface area (Å²) < 4.78 is 10.8.